The third kappa shape index (κ3) is 4.99. The summed E-state index contributed by atoms with van der Waals surface area (Å²) in [4.78, 5) is 18.5. The molecule has 0 radical (unpaired) electrons. The van der Waals surface area contributed by atoms with Gasteiger partial charge in [-0.1, -0.05) is 24.3 Å². The first-order valence-electron chi connectivity index (χ1n) is 8.54. The van der Waals surface area contributed by atoms with Crippen LogP contribution in [0.1, 0.15) is 40.4 Å². The number of hydrogen-bond acceptors (Lipinski definition) is 2. The van der Waals surface area contributed by atoms with Crippen LogP contribution in [-0.4, -0.2) is 30.6 Å². The van der Waals surface area contributed by atoms with Crippen molar-refractivity contribution in [1.29, 1.82) is 0 Å². The molecule has 0 spiro atoms. The van der Waals surface area contributed by atoms with E-state index in [1.807, 2.05) is 57.0 Å². The standard InChI is InChI=1S/C21H25FN2O/c1-5-24(4)14-23-20-12-16(3)18(13-19(20)22)21(25)11-10-17-9-7-6-8-15(17)2/h6-9,12-14H,5,10-11H2,1-4H3. The Morgan fingerprint density at radius 1 is 1.20 bits per heavy atom. The van der Waals surface area contributed by atoms with Crippen molar-refractivity contribution in [2.45, 2.75) is 33.6 Å². The lowest BCUT2D eigenvalue weighted by atomic mass is 9.97. The fourth-order valence-electron chi connectivity index (χ4n) is 2.58. The van der Waals surface area contributed by atoms with E-state index < -0.39 is 5.82 Å². The summed E-state index contributed by atoms with van der Waals surface area (Å²) in [6.45, 7) is 6.64. The predicted molar refractivity (Wildman–Crippen MR) is 101 cm³/mol. The highest BCUT2D eigenvalue weighted by molar-refractivity contribution is 5.98. The number of carbonyl (C=O) groups excluding carboxylic acids is 1. The lowest BCUT2D eigenvalue weighted by molar-refractivity contribution is 0.0982. The van der Waals surface area contributed by atoms with Crippen molar-refractivity contribution < 1.29 is 9.18 Å². The molecule has 132 valence electrons. The number of carbonyl (C=O) groups is 1. The Kier molecular flexibility index (Phi) is 6.45. The highest BCUT2D eigenvalue weighted by Crippen LogP contribution is 2.24. The number of Topliss-reactive ketones (excluding diaryl/α,β-unsaturated/α-hetero) is 1. The van der Waals surface area contributed by atoms with Crippen LogP contribution in [0, 0.1) is 19.7 Å². The van der Waals surface area contributed by atoms with Crippen LogP contribution < -0.4 is 0 Å². The van der Waals surface area contributed by atoms with Crippen molar-refractivity contribution in [3.63, 3.8) is 0 Å². The van der Waals surface area contributed by atoms with E-state index in [1.54, 1.807) is 12.4 Å². The second-order valence-corrected chi connectivity index (χ2v) is 6.29. The molecule has 2 rings (SSSR count). The van der Waals surface area contributed by atoms with Crippen molar-refractivity contribution in [3.05, 3.63) is 64.5 Å². The normalized spacial score (nSPS) is 11.1. The molecule has 0 aromatic heterocycles. The first-order valence-corrected chi connectivity index (χ1v) is 8.54. The first-order chi connectivity index (χ1) is 11.9. The van der Waals surface area contributed by atoms with E-state index in [-0.39, 0.29) is 11.5 Å². The zero-order valence-electron chi connectivity index (χ0n) is 15.3. The average molecular weight is 340 g/mol. The zero-order valence-corrected chi connectivity index (χ0v) is 15.3. The van der Waals surface area contributed by atoms with E-state index in [0.717, 1.165) is 17.7 Å². The minimum absolute atomic E-state index is 0.0409. The van der Waals surface area contributed by atoms with E-state index in [9.17, 15) is 9.18 Å². The quantitative estimate of drug-likeness (QED) is 0.409. The van der Waals surface area contributed by atoms with Gasteiger partial charge in [0.25, 0.3) is 0 Å². The monoisotopic (exact) mass is 340 g/mol. The van der Waals surface area contributed by atoms with Crippen molar-refractivity contribution >= 4 is 17.8 Å². The van der Waals surface area contributed by atoms with Crippen LogP contribution >= 0.6 is 0 Å². The first kappa shape index (κ1) is 18.8. The Labute approximate surface area is 149 Å². The van der Waals surface area contributed by atoms with Crippen molar-refractivity contribution in [1.82, 2.24) is 4.90 Å². The predicted octanol–water partition coefficient (Wildman–Crippen LogP) is 4.87. The maximum absolute atomic E-state index is 14.3. The number of ketones is 1. The van der Waals surface area contributed by atoms with Crippen LogP contribution in [0.4, 0.5) is 10.1 Å². The highest BCUT2D eigenvalue weighted by Gasteiger charge is 2.14. The summed E-state index contributed by atoms with van der Waals surface area (Å²) < 4.78 is 14.3. The van der Waals surface area contributed by atoms with Crippen LogP contribution in [-0.2, 0) is 6.42 Å². The van der Waals surface area contributed by atoms with Gasteiger partial charge in [-0.05, 0) is 56.0 Å². The van der Waals surface area contributed by atoms with Gasteiger partial charge in [-0.25, -0.2) is 9.38 Å². The van der Waals surface area contributed by atoms with Crippen molar-refractivity contribution in [2.24, 2.45) is 4.99 Å². The summed E-state index contributed by atoms with van der Waals surface area (Å²) in [6, 6.07) is 11.0. The average Bonchev–Trinajstić information content (AvgIpc) is 2.60. The molecule has 4 heteroatoms. The fourth-order valence-corrected chi connectivity index (χ4v) is 2.58. The van der Waals surface area contributed by atoms with Crippen LogP contribution in [0.3, 0.4) is 0 Å². The van der Waals surface area contributed by atoms with E-state index in [0.29, 0.717) is 18.4 Å². The highest BCUT2D eigenvalue weighted by atomic mass is 19.1. The van der Waals surface area contributed by atoms with E-state index in [1.165, 1.54) is 11.6 Å². The molecule has 0 aliphatic heterocycles. The molecule has 0 N–H and O–H groups in total. The van der Waals surface area contributed by atoms with Gasteiger partial charge in [0.15, 0.2) is 5.78 Å². The van der Waals surface area contributed by atoms with Gasteiger partial charge in [-0.2, -0.15) is 0 Å². The van der Waals surface area contributed by atoms with Crippen LogP contribution in [0.2, 0.25) is 0 Å². The van der Waals surface area contributed by atoms with Gasteiger partial charge in [0.05, 0.1) is 6.34 Å². The van der Waals surface area contributed by atoms with E-state index >= 15 is 0 Å². The Bertz CT molecular complexity index is 783. The fraction of sp³-hybridized carbons (Fsp3) is 0.333. The van der Waals surface area contributed by atoms with Gasteiger partial charge in [0.1, 0.15) is 11.5 Å². The number of nitrogens with zero attached hydrogens (tertiary/aromatic N) is 2. The molecule has 0 amide bonds. The molecule has 3 nitrogen and oxygen atoms in total. The second kappa shape index (κ2) is 8.56. The smallest absolute Gasteiger partial charge is 0.163 e. The minimum Gasteiger partial charge on any atom is -0.366 e. The van der Waals surface area contributed by atoms with Crippen LogP contribution in [0.25, 0.3) is 0 Å². The summed E-state index contributed by atoms with van der Waals surface area (Å²) in [5.41, 5.74) is 3.77. The summed E-state index contributed by atoms with van der Waals surface area (Å²) in [5, 5.41) is 0. The number of aryl methyl sites for hydroxylation is 3. The maximum Gasteiger partial charge on any atom is 0.163 e. The molecule has 0 aliphatic rings. The zero-order chi connectivity index (χ0) is 18.4. The second-order valence-electron chi connectivity index (χ2n) is 6.29. The molecule has 0 saturated carbocycles. The van der Waals surface area contributed by atoms with Crippen molar-refractivity contribution in [2.75, 3.05) is 13.6 Å². The Hall–Kier alpha value is -2.49. The van der Waals surface area contributed by atoms with Crippen LogP contribution in [0.15, 0.2) is 41.4 Å². The van der Waals surface area contributed by atoms with Gasteiger partial charge in [-0.15, -0.1) is 0 Å². The topological polar surface area (TPSA) is 32.7 Å². The molecule has 0 fully saturated rings. The molecule has 25 heavy (non-hydrogen) atoms. The lowest BCUT2D eigenvalue weighted by Gasteiger charge is -2.10. The summed E-state index contributed by atoms with van der Waals surface area (Å²) in [5.74, 6) is -0.508. The van der Waals surface area contributed by atoms with Gasteiger partial charge < -0.3 is 4.90 Å². The Morgan fingerprint density at radius 2 is 1.92 bits per heavy atom. The number of halogens is 1. The molecule has 0 unspecified atom stereocenters. The number of hydrogen-bond donors (Lipinski definition) is 0. The van der Waals surface area contributed by atoms with Crippen LogP contribution in [0.5, 0.6) is 0 Å². The summed E-state index contributed by atoms with van der Waals surface area (Å²) >= 11 is 0. The van der Waals surface area contributed by atoms with Gasteiger partial charge >= 0.3 is 0 Å². The minimum atomic E-state index is -0.467. The number of rotatable bonds is 7. The third-order valence-electron chi connectivity index (χ3n) is 4.37. The Balaban J connectivity index is 2.13. The molecule has 0 heterocycles. The van der Waals surface area contributed by atoms with Gasteiger partial charge in [0, 0.05) is 25.6 Å². The largest absolute Gasteiger partial charge is 0.366 e. The summed E-state index contributed by atoms with van der Waals surface area (Å²) in [7, 11) is 1.87. The lowest BCUT2D eigenvalue weighted by Crippen LogP contribution is -2.14. The number of aliphatic imine (C=N–C) groups is 1. The Morgan fingerprint density at radius 3 is 2.60 bits per heavy atom. The molecule has 0 saturated heterocycles. The molecule has 2 aromatic rings. The van der Waals surface area contributed by atoms with E-state index in [4.69, 9.17) is 0 Å². The maximum atomic E-state index is 14.3. The van der Waals surface area contributed by atoms with Gasteiger partial charge in [-0.3, -0.25) is 4.79 Å². The molecule has 2 aromatic carbocycles. The third-order valence-corrected chi connectivity index (χ3v) is 4.37. The summed E-state index contributed by atoms with van der Waals surface area (Å²) in [6.07, 6.45) is 2.62. The van der Waals surface area contributed by atoms with Gasteiger partial charge in [0.2, 0.25) is 0 Å². The number of benzene rings is 2. The molecular formula is C21H25FN2O. The molecule has 0 aliphatic carbocycles. The van der Waals surface area contributed by atoms with E-state index in [2.05, 4.69) is 4.99 Å². The molecule has 0 bridgehead atoms. The van der Waals surface area contributed by atoms with Crippen molar-refractivity contribution in [3.8, 4) is 0 Å². The molecule has 0 atom stereocenters. The SMILES string of the molecule is CCN(C)C=Nc1cc(C)c(C(=O)CCc2ccccc2C)cc1F. The molecular weight excluding hydrogens is 315 g/mol.